The fourth-order valence-corrected chi connectivity index (χ4v) is 2.77. The van der Waals surface area contributed by atoms with Gasteiger partial charge in [0.1, 0.15) is 0 Å². The Morgan fingerprint density at radius 3 is 2.57 bits per heavy atom. The van der Waals surface area contributed by atoms with Crippen LogP contribution in [0.5, 0.6) is 0 Å². The lowest BCUT2D eigenvalue weighted by Gasteiger charge is -2.13. The van der Waals surface area contributed by atoms with Crippen LogP contribution in [0.3, 0.4) is 0 Å². The molecule has 1 aromatic rings. The lowest BCUT2D eigenvalue weighted by atomic mass is 10.2. The molecule has 0 bridgehead atoms. The molecule has 5 nitrogen and oxygen atoms in total. The Balaban J connectivity index is 1.80. The van der Waals surface area contributed by atoms with Crippen molar-refractivity contribution < 1.29 is 14.4 Å². The van der Waals surface area contributed by atoms with Crippen LogP contribution in [0.25, 0.3) is 0 Å². The van der Waals surface area contributed by atoms with Crippen molar-refractivity contribution in [2.45, 2.75) is 25.8 Å². The highest BCUT2D eigenvalue weighted by Gasteiger charge is 2.28. The second-order valence-corrected chi connectivity index (χ2v) is 6.02. The highest BCUT2D eigenvalue weighted by molar-refractivity contribution is 9.10. The number of hydrogen-bond donors (Lipinski definition) is 1. The van der Waals surface area contributed by atoms with Gasteiger partial charge < -0.3 is 5.32 Å². The van der Waals surface area contributed by atoms with Gasteiger partial charge in [-0.25, -0.2) is 0 Å². The summed E-state index contributed by atoms with van der Waals surface area (Å²) in [5, 5.41) is 3.29. The van der Waals surface area contributed by atoms with Gasteiger partial charge in [-0.1, -0.05) is 33.6 Å². The smallest absolute Gasteiger partial charge is 0.229 e. The van der Waals surface area contributed by atoms with E-state index in [2.05, 4.69) is 21.2 Å². The second-order valence-electron chi connectivity index (χ2n) is 4.70. The summed E-state index contributed by atoms with van der Waals surface area (Å²) in [7, 11) is 0. The first-order valence-corrected chi connectivity index (χ1v) is 7.68. The minimum absolute atomic E-state index is 0.103. The van der Waals surface area contributed by atoms with Gasteiger partial charge in [-0.3, -0.25) is 19.3 Å². The van der Waals surface area contributed by atoms with E-state index in [-0.39, 0.29) is 43.5 Å². The molecule has 1 heterocycles. The van der Waals surface area contributed by atoms with Crippen molar-refractivity contribution in [2.75, 3.05) is 6.54 Å². The number of benzene rings is 1. The number of halogens is 2. The molecule has 0 aliphatic carbocycles. The molecule has 1 aliphatic rings. The summed E-state index contributed by atoms with van der Waals surface area (Å²) < 4.78 is 0.869. The summed E-state index contributed by atoms with van der Waals surface area (Å²) in [6.45, 7) is 0.449. The molecular formula is C14H14BrClN2O3. The number of hydrogen-bond acceptors (Lipinski definition) is 3. The molecule has 1 saturated heterocycles. The van der Waals surface area contributed by atoms with Crippen molar-refractivity contribution in [2.24, 2.45) is 0 Å². The quantitative estimate of drug-likeness (QED) is 0.805. The number of rotatable bonds is 5. The maximum Gasteiger partial charge on any atom is 0.229 e. The lowest BCUT2D eigenvalue weighted by Crippen LogP contribution is -2.34. The number of nitrogens with one attached hydrogen (secondary N) is 1. The van der Waals surface area contributed by atoms with Gasteiger partial charge >= 0.3 is 0 Å². The molecule has 7 heteroatoms. The third kappa shape index (κ3) is 4.28. The Morgan fingerprint density at radius 2 is 1.95 bits per heavy atom. The zero-order valence-electron chi connectivity index (χ0n) is 11.2. The molecule has 112 valence electrons. The van der Waals surface area contributed by atoms with Crippen molar-refractivity contribution in [3.8, 4) is 0 Å². The molecule has 0 radical (unpaired) electrons. The van der Waals surface area contributed by atoms with Crippen LogP contribution in [0.4, 0.5) is 0 Å². The highest BCUT2D eigenvalue weighted by Crippen LogP contribution is 2.21. The molecular weight excluding hydrogens is 360 g/mol. The first kappa shape index (κ1) is 16.0. The average molecular weight is 374 g/mol. The average Bonchev–Trinajstić information content (AvgIpc) is 2.75. The normalized spacial score (nSPS) is 14.7. The van der Waals surface area contributed by atoms with E-state index in [4.69, 9.17) is 11.6 Å². The van der Waals surface area contributed by atoms with E-state index in [1.54, 1.807) is 6.07 Å². The van der Waals surface area contributed by atoms with E-state index in [0.29, 0.717) is 11.6 Å². The van der Waals surface area contributed by atoms with Crippen molar-refractivity contribution in [3.05, 3.63) is 33.3 Å². The van der Waals surface area contributed by atoms with Gasteiger partial charge in [0.25, 0.3) is 0 Å². The molecule has 0 spiro atoms. The standard InChI is InChI=1S/C14H14BrClN2O3/c15-10-2-1-9(11(16)7-10)8-17-12(19)5-6-18-13(20)3-4-14(18)21/h1-2,7H,3-6,8H2,(H,17,19). The van der Waals surface area contributed by atoms with Crippen LogP contribution in [0.15, 0.2) is 22.7 Å². The molecule has 3 amide bonds. The molecule has 1 fully saturated rings. The van der Waals surface area contributed by atoms with Crippen LogP contribution in [0.1, 0.15) is 24.8 Å². The van der Waals surface area contributed by atoms with Gasteiger partial charge in [-0.2, -0.15) is 0 Å². The van der Waals surface area contributed by atoms with Gasteiger partial charge in [0, 0.05) is 41.8 Å². The van der Waals surface area contributed by atoms with Crippen molar-refractivity contribution in [1.29, 1.82) is 0 Å². The van der Waals surface area contributed by atoms with Crippen LogP contribution in [0.2, 0.25) is 5.02 Å². The molecule has 21 heavy (non-hydrogen) atoms. The van der Waals surface area contributed by atoms with Crippen molar-refractivity contribution in [1.82, 2.24) is 10.2 Å². The lowest BCUT2D eigenvalue weighted by molar-refractivity contribution is -0.138. The van der Waals surface area contributed by atoms with E-state index in [1.807, 2.05) is 12.1 Å². The molecule has 0 atom stereocenters. The maximum absolute atomic E-state index is 11.8. The van der Waals surface area contributed by atoms with Gasteiger partial charge in [-0.05, 0) is 17.7 Å². The van der Waals surface area contributed by atoms with Crippen molar-refractivity contribution >= 4 is 45.3 Å². The SMILES string of the molecule is O=C(CCN1C(=O)CCC1=O)NCc1ccc(Br)cc1Cl. The summed E-state index contributed by atoms with van der Waals surface area (Å²) in [5.74, 6) is -0.631. The Hall–Kier alpha value is -1.40. The number of carbonyl (C=O) groups is 3. The fraction of sp³-hybridized carbons (Fsp3) is 0.357. The van der Waals surface area contributed by atoms with Crippen LogP contribution >= 0.6 is 27.5 Å². The molecule has 1 N–H and O–H groups in total. The first-order chi connectivity index (χ1) is 9.97. The molecule has 2 rings (SSSR count). The van der Waals surface area contributed by atoms with E-state index in [0.717, 1.165) is 14.9 Å². The molecule has 0 aromatic heterocycles. The van der Waals surface area contributed by atoms with Crippen molar-refractivity contribution in [3.63, 3.8) is 0 Å². The molecule has 1 aliphatic heterocycles. The Kier molecular flexibility index (Phi) is 5.36. The van der Waals surface area contributed by atoms with Gasteiger partial charge in [0.05, 0.1) is 0 Å². The highest BCUT2D eigenvalue weighted by atomic mass is 79.9. The van der Waals surface area contributed by atoms with Gasteiger partial charge in [0.2, 0.25) is 17.7 Å². The Morgan fingerprint density at radius 1 is 1.29 bits per heavy atom. The number of amides is 3. The summed E-state index contributed by atoms with van der Waals surface area (Å²) in [6.07, 6.45) is 0.593. The second kappa shape index (κ2) is 7.04. The number of carbonyl (C=O) groups excluding carboxylic acids is 3. The largest absolute Gasteiger partial charge is 0.352 e. The van der Waals surface area contributed by atoms with Crippen LogP contribution in [0, 0.1) is 0 Å². The summed E-state index contributed by atoms with van der Waals surface area (Å²) in [6, 6.07) is 5.42. The Bertz CT molecular complexity index is 576. The predicted molar refractivity (Wildman–Crippen MR) is 81.6 cm³/mol. The van der Waals surface area contributed by atoms with E-state index >= 15 is 0 Å². The number of imide groups is 1. The van der Waals surface area contributed by atoms with Gasteiger partial charge in [-0.15, -0.1) is 0 Å². The van der Waals surface area contributed by atoms with Crippen LogP contribution in [-0.2, 0) is 20.9 Å². The van der Waals surface area contributed by atoms with Gasteiger partial charge in [0.15, 0.2) is 0 Å². The topological polar surface area (TPSA) is 66.5 Å². The number of nitrogens with zero attached hydrogens (tertiary/aromatic N) is 1. The molecule has 0 unspecified atom stereocenters. The van der Waals surface area contributed by atoms with E-state index in [1.165, 1.54) is 0 Å². The number of likely N-dealkylation sites (tertiary alicyclic amines) is 1. The van der Waals surface area contributed by atoms with E-state index < -0.39 is 0 Å². The minimum atomic E-state index is -0.221. The third-order valence-electron chi connectivity index (χ3n) is 3.21. The fourth-order valence-electron chi connectivity index (χ4n) is 2.03. The monoisotopic (exact) mass is 372 g/mol. The maximum atomic E-state index is 11.8. The summed E-state index contributed by atoms with van der Waals surface area (Å²) in [4.78, 5) is 35.7. The third-order valence-corrected chi connectivity index (χ3v) is 4.05. The zero-order chi connectivity index (χ0) is 15.4. The molecule has 1 aromatic carbocycles. The predicted octanol–water partition coefficient (Wildman–Crippen LogP) is 2.26. The van der Waals surface area contributed by atoms with Crippen LogP contribution in [-0.4, -0.2) is 29.2 Å². The first-order valence-electron chi connectivity index (χ1n) is 6.51. The van der Waals surface area contributed by atoms with Crippen LogP contribution < -0.4 is 5.32 Å². The summed E-state index contributed by atoms with van der Waals surface area (Å²) in [5.41, 5.74) is 0.807. The Labute approximate surface area is 135 Å². The summed E-state index contributed by atoms with van der Waals surface area (Å²) >= 11 is 9.36. The van der Waals surface area contributed by atoms with E-state index in [9.17, 15) is 14.4 Å². The zero-order valence-corrected chi connectivity index (χ0v) is 13.5. The molecule has 0 saturated carbocycles. The minimum Gasteiger partial charge on any atom is -0.352 e.